The Labute approximate surface area is 64.2 Å². The van der Waals surface area contributed by atoms with Crippen molar-refractivity contribution in [1.29, 1.82) is 0 Å². The fraction of sp³-hybridized carbons (Fsp3) is 0.875. The standard InChI is InChI=1S/C8H19N2/c1-5-6-10(4)8-7-9(2)3/h7H,5-6,8H2,1-4H3/q+1. The molecular weight excluding hydrogens is 124 g/mol. The summed E-state index contributed by atoms with van der Waals surface area (Å²) < 4.78 is 2.09. The molecule has 0 aliphatic heterocycles. The zero-order valence-corrected chi connectivity index (χ0v) is 7.59. The molecule has 0 amide bonds. The van der Waals surface area contributed by atoms with Crippen molar-refractivity contribution >= 4 is 6.21 Å². The average Bonchev–Trinajstić information content (AvgIpc) is 1.85. The zero-order chi connectivity index (χ0) is 7.98. The van der Waals surface area contributed by atoms with Crippen molar-refractivity contribution in [2.75, 3.05) is 34.2 Å². The molecule has 0 atom stereocenters. The van der Waals surface area contributed by atoms with E-state index in [1.165, 1.54) is 13.0 Å². The molecule has 2 nitrogen and oxygen atoms in total. The van der Waals surface area contributed by atoms with Crippen LogP contribution < -0.4 is 0 Å². The molecule has 0 saturated heterocycles. The molecule has 0 heterocycles. The summed E-state index contributed by atoms with van der Waals surface area (Å²) in [6.07, 6.45) is 3.41. The molecule has 0 rings (SSSR count). The molecule has 0 aliphatic rings. The molecule has 0 spiro atoms. The molecule has 0 radical (unpaired) electrons. The van der Waals surface area contributed by atoms with Gasteiger partial charge in [0, 0.05) is 0 Å². The van der Waals surface area contributed by atoms with Crippen LogP contribution in [0.15, 0.2) is 0 Å². The van der Waals surface area contributed by atoms with E-state index in [1.807, 2.05) is 0 Å². The van der Waals surface area contributed by atoms with Crippen LogP contribution in [0.25, 0.3) is 0 Å². The number of hydrogen-bond donors (Lipinski definition) is 0. The van der Waals surface area contributed by atoms with Gasteiger partial charge in [-0.05, 0) is 20.0 Å². The highest BCUT2D eigenvalue weighted by Gasteiger charge is 1.94. The first-order valence-corrected chi connectivity index (χ1v) is 3.85. The van der Waals surface area contributed by atoms with E-state index in [0.29, 0.717) is 0 Å². The maximum atomic E-state index is 2.31. The summed E-state index contributed by atoms with van der Waals surface area (Å²) >= 11 is 0. The summed E-state index contributed by atoms with van der Waals surface area (Å²) in [5.74, 6) is 0. The molecule has 0 N–H and O–H groups in total. The maximum Gasteiger partial charge on any atom is 0.153 e. The monoisotopic (exact) mass is 143 g/mol. The lowest BCUT2D eigenvalue weighted by molar-refractivity contribution is -0.460. The summed E-state index contributed by atoms with van der Waals surface area (Å²) in [6, 6.07) is 0. The minimum Gasteiger partial charge on any atom is -0.297 e. The number of rotatable bonds is 4. The Hall–Kier alpha value is -0.370. The van der Waals surface area contributed by atoms with Crippen molar-refractivity contribution in [2.45, 2.75) is 13.3 Å². The molecule has 0 fully saturated rings. The lowest BCUT2D eigenvalue weighted by Gasteiger charge is -2.09. The summed E-state index contributed by atoms with van der Waals surface area (Å²) in [7, 11) is 6.25. The first-order valence-electron chi connectivity index (χ1n) is 3.85. The molecule has 0 saturated carbocycles. The van der Waals surface area contributed by atoms with Crippen molar-refractivity contribution in [3.05, 3.63) is 0 Å². The fourth-order valence-corrected chi connectivity index (χ4v) is 0.776. The summed E-state index contributed by atoms with van der Waals surface area (Å²) in [6.45, 7) is 4.44. The first-order chi connectivity index (χ1) is 4.66. The third-order valence-electron chi connectivity index (χ3n) is 1.36. The molecule has 2 heteroatoms. The van der Waals surface area contributed by atoms with E-state index in [1.54, 1.807) is 0 Å². The Kier molecular flexibility index (Phi) is 5.22. The van der Waals surface area contributed by atoms with Crippen LogP contribution in [0, 0.1) is 0 Å². The molecule has 0 aliphatic carbocycles. The Morgan fingerprint density at radius 3 is 2.40 bits per heavy atom. The van der Waals surface area contributed by atoms with E-state index >= 15 is 0 Å². The quantitative estimate of drug-likeness (QED) is 0.414. The smallest absolute Gasteiger partial charge is 0.153 e. The zero-order valence-electron chi connectivity index (χ0n) is 7.59. The van der Waals surface area contributed by atoms with Crippen molar-refractivity contribution < 1.29 is 4.58 Å². The lowest BCUT2D eigenvalue weighted by Crippen LogP contribution is -2.23. The fourth-order valence-electron chi connectivity index (χ4n) is 0.776. The van der Waals surface area contributed by atoms with Gasteiger partial charge < -0.3 is 0 Å². The SMILES string of the molecule is CCCN(C)CC=[N+](C)C. The number of hydrogen-bond acceptors (Lipinski definition) is 1. The van der Waals surface area contributed by atoms with Gasteiger partial charge in [-0.15, -0.1) is 0 Å². The van der Waals surface area contributed by atoms with Gasteiger partial charge in [0.25, 0.3) is 0 Å². The van der Waals surface area contributed by atoms with Crippen molar-refractivity contribution in [3.8, 4) is 0 Å². The third-order valence-corrected chi connectivity index (χ3v) is 1.36. The van der Waals surface area contributed by atoms with Gasteiger partial charge in [0.1, 0.15) is 14.1 Å². The van der Waals surface area contributed by atoms with E-state index in [0.717, 1.165) is 6.54 Å². The van der Waals surface area contributed by atoms with Crippen LogP contribution in [0.2, 0.25) is 0 Å². The molecule has 60 valence electrons. The highest BCUT2D eigenvalue weighted by atomic mass is 15.1. The van der Waals surface area contributed by atoms with Gasteiger partial charge in [-0.1, -0.05) is 6.92 Å². The van der Waals surface area contributed by atoms with Crippen LogP contribution in [0.1, 0.15) is 13.3 Å². The normalized spacial score (nSPS) is 10.1. The predicted octanol–water partition coefficient (Wildman–Crippen LogP) is 0.671. The summed E-state index contributed by atoms with van der Waals surface area (Å²) in [5.41, 5.74) is 0. The lowest BCUT2D eigenvalue weighted by atomic mass is 10.4. The van der Waals surface area contributed by atoms with Gasteiger partial charge in [0.2, 0.25) is 0 Å². The predicted molar refractivity (Wildman–Crippen MR) is 46.0 cm³/mol. The van der Waals surface area contributed by atoms with Gasteiger partial charge in [-0.2, -0.15) is 0 Å². The Morgan fingerprint density at radius 2 is 2.00 bits per heavy atom. The molecule has 0 aromatic rings. The van der Waals surface area contributed by atoms with Crippen LogP contribution in [0.4, 0.5) is 0 Å². The maximum absolute atomic E-state index is 2.31. The van der Waals surface area contributed by atoms with E-state index in [2.05, 4.69) is 43.8 Å². The summed E-state index contributed by atoms with van der Waals surface area (Å²) in [4.78, 5) is 2.31. The molecular formula is C8H19N2+. The van der Waals surface area contributed by atoms with Crippen molar-refractivity contribution in [1.82, 2.24) is 4.90 Å². The second kappa shape index (κ2) is 5.42. The highest BCUT2D eigenvalue weighted by Crippen LogP contribution is 1.82. The van der Waals surface area contributed by atoms with Crippen molar-refractivity contribution in [2.24, 2.45) is 0 Å². The van der Waals surface area contributed by atoms with Gasteiger partial charge in [-0.25, -0.2) is 4.58 Å². The van der Waals surface area contributed by atoms with Gasteiger partial charge in [0.05, 0.1) is 6.54 Å². The van der Waals surface area contributed by atoms with E-state index in [-0.39, 0.29) is 0 Å². The van der Waals surface area contributed by atoms with Crippen LogP contribution in [-0.4, -0.2) is 49.9 Å². The number of nitrogens with zero attached hydrogens (tertiary/aromatic N) is 2. The van der Waals surface area contributed by atoms with E-state index in [9.17, 15) is 0 Å². The van der Waals surface area contributed by atoms with E-state index < -0.39 is 0 Å². The molecule has 0 bridgehead atoms. The van der Waals surface area contributed by atoms with Crippen LogP contribution in [0.3, 0.4) is 0 Å². The molecule has 0 unspecified atom stereocenters. The first kappa shape index (κ1) is 9.63. The van der Waals surface area contributed by atoms with Gasteiger partial charge in [-0.3, -0.25) is 4.90 Å². The largest absolute Gasteiger partial charge is 0.297 e. The second-order valence-corrected chi connectivity index (χ2v) is 2.91. The van der Waals surface area contributed by atoms with E-state index in [4.69, 9.17) is 0 Å². The topological polar surface area (TPSA) is 6.25 Å². The Balaban J connectivity index is 3.38. The highest BCUT2D eigenvalue weighted by molar-refractivity contribution is 5.53. The summed E-state index contributed by atoms with van der Waals surface area (Å²) in [5, 5.41) is 0. The third kappa shape index (κ3) is 5.76. The van der Waals surface area contributed by atoms with Crippen LogP contribution >= 0.6 is 0 Å². The minimum atomic E-state index is 1.06. The Bertz CT molecular complexity index is 104. The van der Waals surface area contributed by atoms with Gasteiger partial charge >= 0.3 is 0 Å². The van der Waals surface area contributed by atoms with Gasteiger partial charge in [0.15, 0.2) is 6.21 Å². The van der Waals surface area contributed by atoms with Crippen LogP contribution in [-0.2, 0) is 0 Å². The Morgan fingerprint density at radius 1 is 1.40 bits per heavy atom. The van der Waals surface area contributed by atoms with Crippen LogP contribution in [0.5, 0.6) is 0 Å². The molecule has 0 aromatic heterocycles. The minimum absolute atomic E-state index is 1.06. The molecule has 10 heavy (non-hydrogen) atoms. The van der Waals surface area contributed by atoms with Crippen molar-refractivity contribution in [3.63, 3.8) is 0 Å². The second-order valence-electron chi connectivity index (χ2n) is 2.91. The molecule has 0 aromatic carbocycles. The average molecular weight is 143 g/mol.